The van der Waals surface area contributed by atoms with E-state index in [0.717, 1.165) is 10.2 Å². The molecule has 4 aromatic rings. The maximum atomic E-state index is 12.0. The lowest BCUT2D eigenvalue weighted by molar-refractivity contribution is -0.146. The Balaban J connectivity index is 1.37. The van der Waals surface area contributed by atoms with Gasteiger partial charge in [-0.3, -0.25) is 4.79 Å². The molecule has 28 heavy (non-hydrogen) atoms. The van der Waals surface area contributed by atoms with Crippen molar-refractivity contribution < 1.29 is 18.4 Å². The Bertz CT molecular complexity index is 1130. The number of benzene rings is 2. The number of carbonyl (C=O) groups is 1. The van der Waals surface area contributed by atoms with Gasteiger partial charge >= 0.3 is 11.7 Å². The van der Waals surface area contributed by atoms with Crippen molar-refractivity contribution in [3.05, 3.63) is 77.1 Å². The van der Waals surface area contributed by atoms with Crippen LogP contribution >= 0.6 is 0 Å². The molecule has 9 heteroatoms. The smallest absolute Gasteiger partial charge is 0.437 e. The first-order valence-corrected chi connectivity index (χ1v) is 8.36. The first kappa shape index (κ1) is 17.4. The van der Waals surface area contributed by atoms with Gasteiger partial charge in [-0.15, -0.1) is 15.3 Å². The van der Waals surface area contributed by atoms with Gasteiger partial charge in [0.05, 0.1) is 0 Å². The molecule has 0 saturated carbocycles. The molecule has 0 unspecified atom stereocenters. The van der Waals surface area contributed by atoms with Crippen LogP contribution in [0.5, 0.6) is 0 Å². The average Bonchev–Trinajstić information content (AvgIpc) is 3.35. The number of ether oxygens (including phenoxy) is 1. The van der Waals surface area contributed by atoms with E-state index in [0.29, 0.717) is 11.5 Å². The van der Waals surface area contributed by atoms with Gasteiger partial charge in [-0.05, 0) is 24.3 Å². The van der Waals surface area contributed by atoms with E-state index in [9.17, 15) is 9.59 Å². The highest BCUT2D eigenvalue weighted by Gasteiger charge is 2.15. The number of esters is 1. The monoisotopic (exact) mass is 378 g/mol. The highest BCUT2D eigenvalue weighted by Crippen LogP contribution is 2.17. The first-order valence-electron chi connectivity index (χ1n) is 8.36. The molecule has 0 spiro atoms. The summed E-state index contributed by atoms with van der Waals surface area (Å²) >= 11 is 0. The summed E-state index contributed by atoms with van der Waals surface area (Å²) in [4.78, 5) is 23.9. The molecular formula is C19H14N4O5. The zero-order chi connectivity index (χ0) is 19.3. The molecule has 0 radical (unpaired) electrons. The molecule has 2 heterocycles. The Morgan fingerprint density at radius 3 is 2.21 bits per heavy atom. The molecule has 140 valence electrons. The van der Waals surface area contributed by atoms with Crippen LogP contribution in [0.25, 0.3) is 22.9 Å². The third-order valence-corrected chi connectivity index (χ3v) is 3.75. The van der Waals surface area contributed by atoms with Gasteiger partial charge in [-0.2, -0.15) is 4.68 Å². The van der Waals surface area contributed by atoms with Crippen LogP contribution in [0, 0.1) is 0 Å². The van der Waals surface area contributed by atoms with Crippen molar-refractivity contribution in [1.29, 1.82) is 0 Å². The predicted molar refractivity (Wildman–Crippen MR) is 95.7 cm³/mol. The van der Waals surface area contributed by atoms with Gasteiger partial charge in [0.25, 0.3) is 5.89 Å². The zero-order valence-corrected chi connectivity index (χ0v) is 14.5. The number of nitrogens with zero attached hydrogens (tertiary/aromatic N) is 4. The molecule has 0 aliphatic heterocycles. The molecule has 0 aliphatic rings. The first-order chi connectivity index (χ1) is 13.7. The fraction of sp³-hybridized carbons (Fsp3) is 0.105. The van der Waals surface area contributed by atoms with Gasteiger partial charge in [-0.25, -0.2) is 4.79 Å². The zero-order valence-electron chi connectivity index (χ0n) is 14.5. The third kappa shape index (κ3) is 3.88. The minimum Gasteiger partial charge on any atom is -0.454 e. The number of rotatable bonds is 6. The van der Waals surface area contributed by atoms with Crippen LogP contribution in [0.4, 0.5) is 0 Å². The number of aromatic nitrogens is 4. The van der Waals surface area contributed by atoms with Crippen molar-refractivity contribution in [2.24, 2.45) is 0 Å². The highest BCUT2D eigenvalue weighted by molar-refractivity contribution is 5.69. The molecule has 0 amide bonds. The van der Waals surface area contributed by atoms with Gasteiger partial charge in [0.15, 0.2) is 6.61 Å². The SMILES string of the molecule is O=C(Cn1nc(-c2ccccc2)oc1=O)OCc1nnc(-c2ccccc2)o1. The summed E-state index contributed by atoms with van der Waals surface area (Å²) in [6, 6.07) is 18.1. The number of carbonyl (C=O) groups excluding carboxylic acids is 1. The van der Waals surface area contributed by atoms with Gasteiger partial charge < -0.3 is 13.6 Å². The fourth-order valence-electron chi connectivity index (χ4n) is 2.42. The topological polar surface area (TPSA) is 113 Å². The van der Waals surface area contributed by atoms with Crippen LogP contribution < -0.4 is 5.76 Å². The molecule has 9 nitrogen and oxygen atoms in total. The van der Waals surface area contributed by atoms with E-state index >= 15 is 0 Å². The lowest BCUT2D eigenvalue weighted by Gasteiger charge is -2.00. The molecule has 2 aromatic heterocycles. The second-order valence-electron chi connectivity index (χ2n) is 5.72. The Hall–Kier alpha value is -4.01. The van der Waals surface area contributed by atoms with E-state index in [1.54, 1.807) is 24.3 Å². The molecular weight excluding hydrogens is 364 g/mol. The van der Waals surface area contributed by atoms with Crippen molar-refractivity contribution >= 4 is 5.97 Å². The number of hydrogen-bond donors (Lipinski definition) is 0. The fourth-order valence-corrected chi connectivity index (χ4v) is 2.42. The second-order valence-corrected chi connectivity index (χ2v) is 5.72. The van der Waals surface area contributed by atoms with Crippen molar-refractivity contribution in [3.8, 4) is 22.9 Å². The van der Waals surface area contributed by atoms with Crippen LogP contribution in [0.3, 0.4) is 0 Å². The lowest BCUT2D eigenvalue weighted by Crippen LogP contribution is -2.23. The van der Waals surface area contributed by atoms with Gasteiger partial charge in [0, 0.05) is 11.1 Å². The average molecular weight is 378 g/mol. The van der Waals surface area contributed by atoms with E-state index in [4.69, 9.17) is 13.6 Å². The van der Waals surface area contributed by atoms with Crippen molar-refractivity contribution in [2.75, 3.05) is 0 Å². The Morgan fingerprint density at radius 2 is 1.54 bits per heavy atom. The Labute approximate surface area is 158 Å². The summed E-state index contributed by atoms with van der Waals surface area (Å²) in [5.41, 5.74) is 1.39. The Kier molecular flexibility index (Phi) is 4.79. The van der Waals surface area contributed by atoms with E-state index in [1.807, 2.05) is 36.4 Å². The summed E-state index contributed by atoms with van der Waals surface area (Å²) < 4.78 is 16.5. The maximum absolute atomic E-state index is 12.0. The van der Waals surface area contributed by atoms with Crippen LogP contribution in [0.2, 0.25) is 0 Å². The van der Waals surface area contributed by atoms with Gasteiger partial charge in [0.1, 0.15) is 6.54 Å². The molecule has 0 N–H and O–H groups in total. The third-order valence-electron chi connectivity index (χ3n) is 3.75. The molecule has 0 fully saturated rings. The van der Waals surface area contributed by atoms with Crippen molar-refractivity contribution in [2.45, 2.75) is 13.2 Å². The largest absolute Gasteiger partial charge is 0.454 e. The predicted octanol–water partition coefficient (Wildman–Crippen LogP) is 2.30. The summed E-state index contributed by atoms with van der Waals surface area (Å²) in [6.45, 7) is -0.605. The quantitative estimate of drug-likeness (QED) is 0.470. The maximum Gasteiger partial charge on any atom is 0.437 e. The molecule has 0 bridgehead atoms. The highest BCUT2D eigenvalue weighted by atomic mass is 16.5. The van der Waals surface area contributed by atoms with Crippen LogP contribution in [0.1, 0.15) is 5.89 Å². The standard InChI is InChI=1S/C19H14N4O5/c24-16(11-23-19(25)28-18(22-23)14-9-5-2-6-10-14)26-12-15-20-21-17(27-15)13-7-3-1-4-8-13/h1-10H,11-12H2. The van der Waals surface area contributed by atoms with Gasteiger partial charge in [-0.1, -0.05) is 36.4 Å². The van der Waals surface area contributed by atoms with E-state index in [2.05, 4.69) is 15.3 Å². The minimum atomic E-state index is -0.750. The molecule has 0 saturated heterocycles. The van der Waals surface area contributed by atoms with Crippen LogP contribution in [-0.2, 0) is 22.7 Å². The summed E-state index contributed by atoms with van der Waals surface area (Å²) in [7, 11) is 0. The van der Waals surface area contributed by atoms with E-state index in [1.165, 1.54) is 0 Å². The van der Waals surface area contributed by atoms with Gasteiger partial charge in [0.2, 0.25) is 11.8 Å². The number of hydrogen-bond acceptors (Lipinski definition) is 8. The molecule has 2 aromatic carbocycles. The lowest BCUT2D eigenvalue weighted by atomic mass is 10.2. The van der Waals surface area contributed by atoms with E-state index < -0.39 is 18.3 Å². The normalized spacial score (nSPS) is 10.7. The van der Waals surface area contributed by atoms with Crippen molar-refractivity contribution in [1.82, 2.24) is 20.0 Å². The molecule has 0 atom stereocenters. The van der Waals surface area contributed by atoms with Crippen molar-refractivity contribution in [3.63, 3.8) is 0 Å². The second kappa shape index (κ2) is 7.70. The van der Waals surface area contributed by atoms with Crippen LogP contribution in [-0.4, -0.2) is 25.9 Å². The summed E-state index contributed by atoms with van der Waals surface area (Å²) in [5, 5.41) is 11.7. The minimum absolute atomic E-state index is 0.128. The van der Waals surface area contributed by atoms with E-state index in [-0.39, 0.29) is 18.4 Å². The summed E-state index contributed by atoms with van der Waals surface area (Å²) in [5.74, 6) is -0.839. The molecule has 0 aliphatic carbocycles. The Morgan fingerprint density at radius 1 is 0.893 bits per heavy atom. The van der Waals surface area contributed by atoms with Crippen LogP contribution in [0.15, 0.2) is 74.3 Å². The summed E-state index contributed by atoms with van der Waals surface area (Å²) in [6.07, 6.45) is 0. The molecule has 4 rings (SSSR count).